The van der Waals surface area contributed by atoms with Crippen LogP contribution in [0.2, 0.25) is 0 Å². The van der Waals surface area contributed by atoms with Crippen molar-refractivity contribution in [2.45, 2.75) is 32.3 Å². The fourth-order valence-electron chi connectivity index (χ4n) is 1.78. The molecule has 4 heteroatoms. The third-order valence-electron chi connectivity index (χ3n) is 2.74. The van der Waals surface area contributed by atoms with Gasteiger partial charge in [-0.1, -0.05) is 0 Å². The molecule has 0 radical (unpaired) electrons. The molecule has 1 heterocycles. The van der Waals surface area contributed by atoms with Gasteiger partial charge in [-0.15, -0.1) is 11.3 Å². The summed E-state index contributed by atoms with van der Waals surface area (Å²) in [6.07, 6.45) is 2.61. The minimum Gasteiger partial charge on any atom is -0.370 e. The first-order valence-corrected chi connectivity index (χ1v) is 7.25. The van der Waals surface area contributed by atoms with Gasteiger partial charge in [0.25, 0.3) is 0 Å². The van der Waals surface area contributed by atoms with Crippen LogP contribution in [0.4, 0.5) is 0 Å². The van der Waals surface area contributed by atoms with E-state index in [2.05, 4.69) is 15.9 Å². The Kier molecular flexibility index (Phi) is 4.16. The summed E-state index contributed by atoms with van der Waals surface area (Å²) in [5.74, 6) is 0.707. The van der Waals surface area contributed by atoms with E-state index in [1.807, 2.05) is 18.4 Å². The average Bonchev–Trinajstić information content (AvgIpc) is 3.01. The Hall–Kier alpha value is -0.190. The lowest BCUT2D eigenvalue weighted by atomic mass is 10.1. The van der Waals surface area contributed by atoms with Gasteiger partial charge >= 0.3 is 0 Å². The molecule has 1 fully saturated rings. The molecule has 1 aliphatic carbocycles. The van der Waals surface area contributed by atoms with Crippen molar-refractivity contribution in [3.63, 3.8) is 0 Å². The SMILES string of the molecule is CCOC(C(=O)Cc1sccc1Br)C1CC1. The van der Waals surface area contributed by atoms with Crippen molar-refractivity contribution in [1.29, 1.82) is 0 Å². The highest BCUT2D eigenvalue weighted by molar-refractivity contribution is 9.10. The van der Waals surface area contributed by atoms with Crippen molar-refractivity contribution in [2.24, 2.45) is 5.92 Å². The molecule has 1 aromatic heterocycles. The van der Waals surface area contributed by atoms with E-state index in [4.69, 9.17) is 4.74 Å². The Bertz CT molecular complexity index is 371. The van der Waals surface area contributed by atoms with Crippen molar-refractivity contribution >= 4 is 33.0 Å². The van der Waals surface area contributed by atoms with Gasteiger partial charge in [-0.2, -0.15) is 0 Å². The molecule has 0 N–H and O–H groups in total. The Morgan fingerprint density at radius 1 is 1.69 bits per heavy atom. The molecule has 1 aromatic rings. The highest BCUT2D eigenvalue weighted by Crippen LogP contribution is 2.35. The van der Waals surface area contributed by atoms with Gasteiger partial charge < -0.3 is 4.74 Å². The number of hydrogen-bond donors (Lipinski definition) is 0. The molecule has 16 heavy (non-hydrogen) atoms. The van der Waals surface area contributed by atoms with E-state index in [-0.39, 0.29) is 11.9 Å². The molecule has 0 spiro atoms. The van der Waals surface area contributed by atoms with Gasteiger partial charge in [0.15, 0.2) is 5.78 Å². The maximum Gasteiger partial charge on any atom is 0.167 e. The van der Waals surface area contributed by atoms with E-state index in [0.29, 0.717) is 18.9 Å². The van der Waals surface area contributed by atoms with E-state index in [1.165, 1.54) is 0 Å². The second-order valence-electron chi connectivity index (χ2n) is 4.05. The molecule has 88 valence electrons. The highest BCUT2D eigenvalue weighted by Gasteiger charge is 2.36. The number of thiophene rings is 1. The minimum atomic E-state index is -0.168. The molecule has 1 aliphatic rings. The smallest absolute Gasteiger partial charge is 0.167 e. The normalized spacial score (nSPS) is 17.4. The second kappa shape index (κ2) is 5.43. The number of carbonyl (C=O) groups is 1. The monoisotopic (exact) mass is 302 g/mol. The molecule has 1 unspecified atom stereocenters. The predicted molar refractivity (Wildman–Crippen MR) is 68.9 cm³/mol. The summed E-state index contributed by atoms with van der Waals surface area (Å²) >= 11 is 5.08. The molecule has 2 rings (SSSR count). The van der Waals surface area contributed by atoms with Crippen molar-refractivity contribution in [3.05, 3.63) is 20.8 Å². The molecule has 0 aliphatic heterocycles. The molecule has 1 atom stereocenters. The second-order valence-corrected chi connectivity index (χ2v) is 5.90. The number of Topliss-reactive ketones (excluding diaryl/α,β-unsaturated/α-hetero) is 1. The standard InChI is InChI=1S/C12H15BrO2S/c1-2-15-12(8-3-4-8)10(14)7-11-9(13)5-6-16-11/h5-6,8,12H,2-4,7H2,1H3. The zero-order valence-electron chi connectivity index (χ0n) is 9.24. The Morgan fingerprint density at radius 3 is 2.94 bits per heavy atom. The van der Waals surface area contributed by atoms with Crippen molar-refractivity contribution in [1.82, 2.24) is 0 Å². The van der Waals surface area contributed by atoms with Crippen LogP contribution in [0, 0.1) is 5.92 Å². The number of ketones is 1. The average molecular weight is 303 g/mol. The largest absolute Gasteiger partial charge is 0.370 e. The first-order valence-electron chi connectivity index (χ1n) is 5.58. The van der Waals surface area contributed by atoms with Crippen LogP contribution in [0.1, 0.15) is 24.6 Å². The number of hydrogen-bond acceptors (Lipinski definition) is 3. The van der Waals surface area contributed by atoms with Gasteiger partial charge in [0, 0.05) is 22.4 Å². The lowest BCUT2D eigenvalue weighted by Crippen LogP contribution is -2.28. The van der Waals surface area contributed by atoms with Gasteiger partial charge in [0.2, 0.25) is 0 Å². The lowest BCUT2D eigenvalue weighted by molar-refractivity contribution is -0.130. The quantitative estimate of drug-likeness (QED) is 0.805. The van der Waals surface area contributed by atoms with E-state index >= 15 is 0 Å². The van der Waals surface area contributed by atoms with Crippen molar-refractivity contribution in [3.8, 4) is 0 Å². The van der Waals surface area contributed by atoms with Crippen LogP contribution in [-0.2, 0) is 16.0 Å². The summed E-state index contributed by atoms with van der Waals surface area (Å²) in [5, 5.41) is 2.00. The van der Waals surface area contributed by atoms with Crippen LogP contribution in [0.15, 0.2) is 15.9 Å². The molecule has 0 saturated heterocycles. The fraction of sp³-hybridized carbons (Fsp3) is 0.583. The van der Waals surface area contributed by atoms with E-state index in [0.717, 1.165) is 22.2 Å². The van der Waals surface area contributed by atoms with E-state index < -0.39 is 0 Å². The van der Waals surface area contributed by atoms with Crippen LogP contribution in [0.25, 0.3) is 0 Å². The van der Waals surface area contributed by atoms with Gasteiger partial charge in [0.1, 0.15) is 6.10 Å². The third kappa shape index (κ3) is 2.93. The Balaban J connectivity index is 1.97. The van der Waals surface area contributed by atoms with Crippen LogP contribution in [0.5, 0.6) is 0 Å². The maximum absolute atomic E-state index is 12.1. The summed E-state index contributed by atoms with van der Waals surface area (Å²) in [7, 11) is 0. The topological polar surface area (TPSA) is 26.3 Å². The zero-order chi connectivity index (χ0) is 11.5. The Labute approximate surface area is 108 Å². The molecule has 0 amide bonds. The summed E-state index contributed by atoms with van der Waals surface area (Å²) in [6, 6.07) is 1.99. The van der Waals surface area contributed by atoms with Crippen molar-refractivity contribution in [2.75, 3.05) is 6.61 Å². The van der Waals surface area contributed by atoms with E-state index in [9.17, 15) is 4.79 Å². The van der Waals surface area contributed by atoms with Gasteiger partial charge in [-0.25, -0.2) is 0 Å². The molecular formula is C12H15BrO2S. The first kappa shape index (κ1) is 12.3. The summed E-state index contributed by atoms with van der Waals surface area (Å²) < 4.78 is 6.59. The van der Waals surface area contributed by atoms with Gasteiger partial charge in [0.05, 0.1) is 0 Å². The first-order chi connectivity index (χ1) is 7.72. The molecule has 0 bridgehead atoms. The summed E-state index contributed by atoms with van der Waals surface area (Å²) in [5.41, 5.74) is 0. The zero-order valence-corrected chi connectivity index (χ0v) is 11.6. The van der Waals surface area contributed by atoms with Crippen LogP contribution in [-0.4, -0.2) is 18.5 Å². The van der Waals surface area contributed by atoms with Crippen LogP contribution in [0.3, 0.4) is 0 Å². The molecular weight excluding hydrogens is 288 g/mol. The molecule has 1 saturated carbocycles. The number of halogens is 1. The summed E-state index contributed by atoms with van der Waals surface area (Å²) in [6.45, 7) is 2.57. The predicted octanol–water partition coefficient (Wildman–Crippen LogP) is 3.44. The Morgan fingerprint density at radius 2 is 2.44 bits per heavy atom. The number of ether oxygens (including phenoxy) is 1. The minimum absolute atomic E-state index is 0.168. The summed E-state index contributed by atoms with van der Waals surface area (Å²) in [4.78, 5) is 13.2. The molecule has 2 nitrogen and oxygen atoms in total. The fourth-order valence-corrected chi connectivity index (χ4v) is 3.28. The lowest BCUT2D eigenvalue weighted by Gasteiger charge is -2.14. The maximum atomic E-state index is 12.1. The van der Waals surface area contributed by atoms with E-state index in [1.54, 1.807) is 11.3 Å². The molecule has 0 aromatic carbocycles. The highest BCUT2D eigenvalue weighted by atomic mass is 79.9. The number of carbonyl (C=O) groups excluding carboxylic acids is 1. The third-order valence-corrected chi connectivity index (χ3v) is 4.67. The number of rotatable bonds is 6. The van der Waals surface area contributed by atoms with Gasteiger partial charge in [-0.3, -0.25) is 4.79 Å². The van der Waals surface area contributed by atoms with Crippen LogP contribution >= 0.6 is 27.3 Å². The van der Waals surface area contributed by atoms with Gasteiger partial charge in [-0.05, 0) is 53.1 Å². The van der Waals surface area contributed by atoms with Crippen molar-refractivity contribution < 1.29 is 9.53 Å². The van der Waals surface area contributed by atoms with Crippen LogP contribution < -0.4 is 0 Å².